The number of anilines is 2. The standard InChI is InChI=1S/C24H40N4O3/c1-18(17-24(2,3)4)15-22(29)26-19-7-8-21(27(5)6)20(16-19)23(30)25-9-10-28-11-13-31-14-12-28/h7-8,16,18H,9-15,17H2,1-6H3,(H,25,30)(H,26,29). The summed E-state index contributed by atoms with van der Waals surface area (Å²) in [6, 6.07) is 5.50. The van der Waals surface area contributed by atoms with E-state index in [1.54, 1.807) is 6.07 Å². The van der Waals surface area contributed by atoms with Gasteiger partial charge in [0.15, 0.2) is 0 Å². The highest BCUT2D eigenvalue weighted by Crippen LogP contribution is 2.27. The molecule has 1 atom stereocenters. The third kappa shape index (κ3) is 8.87. The van der Waals surface area contributed by atoms with Gasteiger partial charge in [-0.1, -0.05) is 27.7 Å². The summed E-state index contributed by atoms with van der Waals surface area (Å²) in [5.41, 5.74) is 2.23. The van der Waals surface area contributed by atoms with Crippen molar-refractivity contribution < 1.29 is 14.3 Å². The van der Waals surface area contributed by atoms with E-state index in [0.29, 0.717) is 30.1 Å². The molecule has 0 aliphatic carbocycles. The predicted octanol–water partition coefficient (Wildman–Crippen LogP) is 3.22. The molecule has 7 heteroatoms. The zero-order chi connectivity index (χ0) is 23.0. The number of benzene rings is 1. The number of carbonyl (C=O) groups is 2. The molecule has 0 spiro atoms. The van der Waals surface area contributed by atoms with Crippen LogP contribution in [0.4, 0.5) is 11.4 Å². The van der Waals surface area contributed by atoms with Gasteiger partial charge in [0.2, 0.25) is 5.91 Å². The van der Waals surface area contributed by atoms with Gasteiger partial charge < -0.3 is 20.3 Å². The molecule has 1 unspecified atom stereocenters. The first-order valence-electron chi connectivity index (χ1n) is 11.2. The van der Waals surface area contributed by atoms with Gasteiger partial charge in [0.1, 0.15) is 0 Å². The first-order valence-corrected chi connectivity index (χ1v) is 11.2. The zero-order valence-corrected chi connectivity index (χ0v) is 20.1. The Bertz CT molecular complexity index is 737. The van der Waals surface area contributed by atoms with Gasteiger partial charge in [-0.2, -0.15) is 0 Å². The van der Waals surface area contributed by atoms with E-state index in [9.17, 15) is 9.59 Å². The summed E-state index contributed by atoms with van der Waals surface area (Å²) in [5, 5.41) is 5.99. The molecule has 2 N–H and O–H groups in total. The molecular weight excluding hydrogens is 392 g/mol. The minimum Gasteiger partial charge on any atom is -0.379 e. The molecule has 0 aromatic heterocycles. The molecule has 1 aliphatic rings. The molecule has 7 nitrogen and oxygen atoms in total. The second kappa shape index (κ2) is 11.5. The summed E-state index contributed by atoms with van der Waals surface area (Å²) in [7, 11) is 3.82. The number of rotatable bonds is 9. The van der Waals surface area contributed by atoms with Crippen LogP contribution in [0.15, 0.2) is 18.2 Å². The molecule has 1 saturated heterocycles. The van der Waals surface area contributed by atoms with Gasteiger partial charge in [-0.3, -0.25) is 14.5 Å². The van der Waals surface area contributed by atoms with Crippen molar-refractivity contribution in [3.8, 4) is 0 Å². The molecule has 1 aromatic carbocycles. The Kier molecular flexibility index (Phi) is 9.32. The van der Waals surface area contributed by atoms with Crippen molar-refractivity contribution in [3.63, 3.8) is 0 Å². The average molecular weight is 433 g/mol. The Labute approximate surface area is 187 Å². The van der Waals surface area contributed by atoms with Crippen molar-refractivity contribution >= 4 is 23.2 Å². The van der Waals surface area contributed by atoms with Crippen molar-refractivity contribution in [3.05, 3.63) is 23.8 Å². The van der Waals surface area contributed by atoms with Crippen LogP contribution >= 0.6 is 0 Å². The third-order valence-corrected chi connectivity index (χ3v) is 5.32. The number of nitrogens with one attached hydrogen (secondary N) is 2. The van der Waals surface area contributed by atoms with Crippen molar-refractivity contribution in [2.24, 2.45) is 11.3 Å². The summed E-state index contributed by atoms with van der Waals surface area (Å²) in [6.07, 6.45) is 1.45. The number of carbonyl (C=O) groups excluding carboxylic acids is 2. The molecule has 31 heavy (non-hydrogen) atoms. The van der Waals surface area contributed by atoms with E-state index >= 15 is 0 Å². The Hall–Kier alpha value is -2.12. The fourth-order valence-electron chi connectivity index (χ4n) is 4.08. The Balaban J connectivity index is 1.98. The van der Waals surface area contributed by atoms with Gasteiger partial charge in [-0.25, -0.2) is 0 Å². The van der Waals surface area contributed by atoms with E-state index in [1.807, 2.05) is 31.1 Å². The van der Waals surface area contributed by atoms with Gasteiger partial charge in [0.05, 0.1) is 18.8 Å². The summed E-state index contributed by atoms with van der Waals surface area (Å²) in [4.78, 5) is 29.6. The van der Waals surface area contributed by atoms with E-state index in [-0.39, 0.29) is 17.2 Å². The molecule has 0 saturated carbocycles. The van der Waals surface area contributed by atoms with Crippen LogP contribution in [0.2, 0.25) is 0 Å². The predicted molar refractivity (Wildman–Crippen MR) is 127 cm³/mol. The van der Waals surface area contributed by atoms with E-state index < -0.39 is 0 Å². The summed E-state index contributed by atoms with van der Waals surface area (Å²) in [6.45, 7) is 13.3. The third-order valence-electron chi connectivity index (χ3n) is 5.32. The lowest BCUT2D eigenvalue weighted by atomic mass is 9.84. The van der Waals surface area contributed by atoms with Crippen LogP contribution in [-0.2, 0) is 9.53 Å². The molecule has 0 radical (unpaired) electrons. The van der Waals surface area contributed by atoms with Crippen LogP contribution in [-0.4, -0.2) is 70.2 Å². The van der Waals surface area contributed by atoms with Crippen molar-refractivity contribution in [1.29, 1.82) is 0 Å². The maximum atomic E-state index is 12.9. The van der Waals surface area contributed by atoms with Gasteiger partial charge in [0.25, 0.3) is 5.91 Å². The van der Waals surface area contributed by atoms with Gasteiger partial charge >= 0.3 is 0 Å². The van der Waals surface area contributed by atoms with E-state index in [0.717, 1.165) is 45.0 Å². The van der Waals surface area contributed by atoms with Crippen LogP contribution in [0.1, 0.15) is 50.9 Å². The largest absolute Gasteiger partial charge is 0.379 e. The van der Waals surface area contributed by atoms with Gasteiger partial charge in [-0.15, -0.1) is 0 Å². The maximum absolute atomic E-state index is 12.9. The average Bonchev–Trinajstić information content (AvgIpc) is 2.66. The Morgan fingerprint density at radius 2 is 1.87 bits per heavy atom. The molecule has 0 bridgehead atoms. The lowest BCUT2D eigenvalue weighted by Gasteiger charge is -2.26. The fraction of sp³-hybridized carbons (Fsp3) is 0.667. The minimum atomic E-state index is -0.130. The van der Waals surface area contributed by atoms with Crippen LogP contribution in [0.3, 0.4) is 0 Å². The summed E-state index contributed by atoms with van der Waals surface area (Å²) >= 11 is 0. The van der Waals surface area contributed by atoms with Crippen LogP contribution in [0.5, 0.6) is 0 Å². The Morgan fingerprint density at radius 1 is 1.19 bits per heavy atom. The molecule has 1 aromatic rings. The quantitative estimate of drug-likeness (QED) is 0.627. The molecule has 174 valence electrons. The Morgan fingerprint density at radius 3 is 2.48 bits per heavy atom. The van der Waals surface area contributed by atoms with Crippen molar-refractivity contribution in [2.75, 3.05) is 63.7 Å². The number of hydrogen-bond donors (Lipinski definition) is 2. The second-order valence-corrected chi connectivity index (χ2v) is 9.96. The lowest BCUT2D eigenvalue weighted by Crippen LogP contribution is -2.41. The van der Waals surface area contributed by atoms with Crippen LogP contribution < -0.4 is 15.5 Å². The minimum absolute atomic E-state index is 0.0203. The molecule has 1 fully saturated rings. The van der Waals surface area contributed by atoms with Crippen LogP contribution in [0.25, 0.3) is 0 Å². The first kappa shape index (κ1) is 25.1. The van der Waals surface area contributed by atoms with Gasteiger partial charge in [0, 0.05) is 58.1 Å². The second-order valence-electron chi connectivity index (χ2n) is 9.96. The van der Waals surface area contributed by atoms with Crippen LogP contribution in [0, 0.1) is 11.3 Å². The molecule has 1 heterocycles. The zero-order valence-electron chi connectivity index (χ0n) is 20.1. The fourth-order valence-corrected chi connectivity index (χ4v) is 4.08. The number of nitrogens with zero attached hydrogens (tertiary/aromatic N) is 2. The number of amides is 2. The SMILES string of the molecule is CC(CC(=O)Nc1ccc(N(C)C)c(C(=O)NCCN2CCOCC2)c1)CC(C)(C)C. The van der Waals surface area contributed by atoms with E-state index in [1.165, 1.54) is 0 Å². The molecule has 1 aliphatic heterocycles. The van der Waals surface area contributed by atoms with E-state index in [4.69, 9.17) is 4.74 Å². The van der Waals surface area contributed by atoms with Gasteiger partial charge in [-0.05, 0) is 36.0 Å². The molecule has 2 rings (SSSR count). The number of hydrogen-bond acceptors (Lipinski definition) is 5. The van der Waals surface area contributed by atoms with Crippen molar-refractivity contribution in [2.45, 2.75) is 40.5 Å². The lowest BCUT2D eigenvalue weighted by molar-refractivity contribution is -0.117. The molecule has 2 amide bonds. The topological polar surface area (TPSA) is 73.9 Å². The number of ether oxygens (including phenoxy) is 1. The highest BCUT2D eigenvalue weighted by atomic mass is 16.5. The van der Waals surface area contributed by atoms with Crippen molar-refractivity contribution in [1.82, 2.24) is 10.2 Å². The van der Waals surface area contributed by atoms with E-state index in [2.05, 4.69) is 43.2 Å². The molecular formula is C24H40N4O3. The normalized spacial score (nSPS) is 15.9. The highest BCUT2D eigenvalue weighted by molar-refractivity contribution is 6.02. The highest BCUT2D eigenvalue weighted by Gasteiger charge is 2.19. The maximum Gasteiger partial charge on any atom is 0.253 e. The summed E-state index contributed by atoms with van der Waals surface area (Å²) in [5.74, 6) is 0.145. The summed E-state index contributed by atoms with van der Waals surface area (Å²) < 4.78 is 5.36. The number of morpholine rings is 1. The monoisotopic (exact) mass is 432 g/mol. The smallest absolute Gasteiger partial charge is 0.253 e. The first-order chi connectivity index (χ1) is 14.5.